The van der Waals surface area contributed by atoms with Gasteiger partial charge in [-0.1, -0.05) is 64.1 Å². The molecule has 2 aromatic carbocycles. The van der Waals surface area contributed by atoms with Gasteiger partial charge in [0.05, 0.1) is 5.76 Å². The third-order valence-corrected chi connectivity index (χ3v) is 4.77. The molecule has 0 bridgehead atoms. The van der Waals surface area contributed by atoms with Gasteiger partial charge in [0.15, 0.2) is 0 Å². The molecule has 184 valence electrons. The van der Waals surface area contributed by atoms with E-state index in [1.807, 2.05) is 12.3 Å². The van der Waals surface area contributed by atoms with Crippen molar-refractivity contribution in [1.29, 1.82) is 0 Å². The Morgan fingerprint density at radius 3 is 2.18 bits per heavy atom. The van der Waals surface area contributed by atoms with Crippen LogP contribution in [0, 0.1) is 32.8 Å². The Labute approximate surface area is 213 Å². The molecular weight excluding hydrogens is 622 g/mol. The average Bonchev–Trinajstić information content (AvgIpc) is 2.73. The molecule has 0 aliphatic heterocycles. The smallest absolute Gasteiger partial charge is 0.454 e. The molecule has 1 N–H and O–H groups in total. The number of hydrogen-bond donors (Lipinski definition) is 1. The molecule has 0 radical (unpaired) electrons. The van der Waals surface area contributed by atoms with E-state index >= 15 is 0 Å². The van der Waals surface area contributed by atoms with Crippen LogP contribution in [0.3, 0.4) is 0 Å². The molecular formula is C27H27F3NO2Pt-. The number of carbonyl (C=O) groups excluding carboxylic acids is 1. The van der Waals surface area contributed by atoms with E-state index in [9.17, 15) is 18.0 Å². The van der Waals surface area contributed by atoms with Crippen molar-refractivity contribution in [3.63, 3.8) is 0 Å². The van der Waals surface area contributed by atoms with E-state index in [1.165, 1.54) is 36.1 Å². The number of ketones is 1. The monoisotopic (exact) mass is 649 g/mol. The molecule has 3 nitrogen and oxygen atoms in total. The van der Waals surface area contributed by atoms with E-state index in [0.717, 1.165) is 16.8 Å². The van der Waals surface area contributed by atoms with Gasteiger partial charge in [0, 0.05) is 44.8 Å². The Morgan fingerprint density at radius 2 is 1.68 bits per heavy atom. The van der Waals surface area contributed by atoms with Gasteiger partial charge >= 0.3 is 6.18 Å². The second-order valence-corrected chi connectivity index (χ2v) is 8.09. The van der Waals surface area contributed by atoms with Crippen molar-refractivity contribution in [2.45, 2.75) is 40.8 Å². The summed E-state index contributed by atoms with van der Waals surface area (Å²) in [5, 5.41) is 8.80. The Balaban J connectivity index is 0.000000386. The van der Waals surface area contributed by atoms with Crippen molar-refractivity contribution in [2.75, 3.05) is 0 Å². The molecule has 1 heterocycles. The number of rotatable bonds is 4. The molecule has 0 saturated heterocycles. The summed E-state index contributed by atoms with van der Waals surface area (Å²) in [5.74, 6) is -3.07. The second-order valence-electron chi connectivity index (χ2n) is 8.09. The SMILES string of the molecule is CC(C)/C(O)=C/C(=O)C(F)(F)F.Cc1[c-]c(-c2cc(C)c(-c3ccccc3)cn2)cc(C)c1.[Pt]. The number of benzene rings is 2. The molecule has 0 aliphatic rings. The maximum atomic E-state index is 11.6. The van der Waals surface area contributed by atoms with Crippen molar-refractivity contribution in [3.8, 4) is 22.4 Å². The first-order valence-electron chi connectivity index (χ1n) is 10.4. The summed E-state index contributed by atoms with van der Waals surface area (Å²) >= 11 is 0. The fraction of sp³-hybridized carbons (Fsp3) is 0.259. The van der Waals surface area contributed by atoms with E-state index in [2.05, 4.69) is 74.3 Å². The van der Waals surface area contributed by atoms with E-state index in [0.29, 0.717) is 0 Å². The predicted octanol–water partition coefficient (Wildman–Crippen LogP) is 7.35. The number of hydrogen-bond acceptors (Lipinski definition) is 3. The minimum atomic E-state index is -4.90. The molecule has 0 unspecified atom stereocenters. The molecule has 0 fully saturated rings. The third-order valence-electron chi connectivity index (χ3n) is 4.77. The molecule has 1 aromatic heterocycles. The number of carbonyl (C=O) groups is 1. The Kier molecular flexibility index (Phi) is 10.9. The van der Waals surface area contributed by atoms with Crippen molar-refractivity contribution < 1.29 is 44.1 Å². The van der Waals surface area contributed by atoms with E-state index in [1.54, 1.807) is 0 Å². The molecule has 0 spiro atoms. The van der Waals surface area contributed by atoms with Gasteiger partial charge in [-0.3, -0.25) is 4.79 Å². The number of pyridine rings is 1. The van der Waals surface area contributed by atoms with Crippen LogP contribution in [0.2, 0.25) is 0 Å². The van der Waals surface area contributed by atoms with Gasteiger partial charge in [-0.05, 0) is 23.7 Å². The number of alkyl halides is 3. The Morgan fingerprint density at radius 1 is 1.06 bits per heavy atom. The molecule has 0 atom stereocenters. The van der Waals surface area contributed by atoms with Crippen LogP contribution in [0.1, 0.15) is 30.5 Å². The number of aliphatic hydroxyl groups excluding tert-OH is 1. The van der Waals surface area contributed by atoms with Crippen molar-refractivity contribution in [2.24, 2.45) is 5.92 Å². The summed E-state index contributed by atoms with van der Waals surface area (Å²) in [7, 11) is 0. The molecule has 7 heteroatoms. The molecule has 3 rings (SSSR count). The molecule has 0 saturated carbocycles. The zero-order valence-corrected chi connectivity index (χ0v) is 21.9. The maximum Gasteiger partial charge on any atom is 0.454 e. The van der Waals surface area contributed by atoms with Crippen LogP contribution < -0.4 is 0 Å². The first-order valence-corrected chi connectivity index (χ1v) is 10.4. The Hall–Kier alpha value is -2.72. The summed E-state index contributed by atoms with van der Waals surface area (Å²) in [6, 6.07) is 20.2. The maximum absolute atomic E-state index is 11.6. The fourth-order valence-corrected chi connectivity index (χ4v) is 3.04. The number of aliphatic hydroxyl groups is 1. The van der Waals surface area contributed by atoms with Crippen LogP contribution in [0.25, 0.3) is 22.4 Å². The molecule has 3 aromatic rings. The number of aryl methyl sites for hydroxylation is 3. The largest absolute Gasteiger partial charge is 0.512 e. The Bertz CT molecular complexity index is 1120. The van der Waals surface area contributed by atoms with Gasteiger partial charge in [-0.25, -0.2) is 0 Å². The van der Waals surface area contributed by atoms with Crippen LogP contribution in [0.4, 0.5) is 13.2 Å². The van der Waals surface area contributed by atoms with Crippen molar-refractivity contribution >= 4 is 5.78 Å². The van der Waals surface area contributed by atoms with Gasteiger partial charge in [0.1, 0.15) is 0 Å². The summed E-state index contributed by atoms with van der Waals surface area (Å²) in [6.45, 7) is 9.28. The molecule has 0 amide bonds. The number of halogens is 3. The summed E-state index contributed by atoms with van der Waals surface area (Å²) in [4.78, 5) is 14.9. The minimum Gasteiger partial charge on any atom is -0.512 e. The number of aromatic nitrogens is 1. The van der Waals surface area contributed by atoms with E-state index in [-0.39, 0.29) is 27.1 Å². The standard InChI is InChI=1S/C20H18N.C7H9F3O2.Pt/c1-14-9-15(2)11-18(10-14)20-12-16(3)19(13-21-20)17-7-5-4-6-8-17;1-4(2)5(11)3-6(12)7(8,9)10;/h4-10,12-13H,1-3H3;3-4,11H,1-2H3;/q-1;;/b;5-3-;. The van der Waals surface area contributed by atoms with Crippen LogP contribution in [0.15, 0.2) is 66.6 Å². The third kappa shape index (κ3) is 8.57. The van der Waals surface area contributed by atoms with Gasteiger partial charge in [0.25, 0.3) is 5.78 Å². The van der Waals surface area contributed by atoms with Crippen LogP contribution in [0.5, 0.6) is 0 Å². The minimum absolute atomic E-state index is 0. The van der Waals surface area contributed by atoms with Gasteiger partial charge in [-0.15, -0.1) is 34.9 Å². The molecule has 0 aliphatic carbocycles. The molecule has 34 heavy (non-hydrogen) atoms. The van der Waals surface area contributed by atoms with Gasteiger partial charge in [-0.2, -0.15) is 13.2 Å². The van der Waals surface area contributed by atoms with Crippen LogP contribution in [-0.4, -0.2) is 22.1 Å². The fourth-order valence-electron chi connectivity index (χ4n) is 3.04. The zero-order valence-electron chi connectivity index (χ0n) is 19.6. The van der Waals surface area contributed by atoms with Gasteiger partial charge in [0.2, 0.25) is 0 Å². The second kappa shape index (κ2) is 12.7. The summed E-state index contributed by atoms with van der Waals surface area (Å²) in [5.41, 5.74) is 8.07. The zero-order chi connectivity index (χ0) is 24.8. The quantitative estimate of drug-likeness (QED) is 0.183. The van der Waals surface area contributed by atoms with E-state index in [4.69, 9.17) is 5.11 Å². The predicted molar refractivity (Wildman–Crippen MR) is 125 cm³/mol. The first-order chi connectivity index (χ1) is 15.4. The van der Waals surface area contributed by atoms with E-state index < -0.39 is 23.6 Å². The van der Waals surface area contributed by atoms with Crippen LogP contribution >= 0.6 is 0 Å². The summed E-state index contributed by atoms with van der Waals surface area (Å²) in [6.07, 6.45) is -2.74. The summed E-state index contributed by atoms with van der Waals surface area (Å²) < 4.78 is 34.7. The van der Waals surface area contributed by atoms with Crippen LogP contribution in [-0.2, 0) is 25.9 Å². The van der Waals surface area contributed by atoms with Crippen molar-refractivity contribution in [1.82, 2.24) is 4.98 Å². The van der Waals surface area contributed by atoms with Crippen molar-refractivity contribution in [3.05, 3.63) is 89.3 Å². The topological polar surface area (TPSA) is 50.2 Å². The normalized spacial score (nSPS) is 11.4. The number of allylic oxidation sites excluding steroid dienone is 2. The van der Waals surface area contributed by atoms with Gasteiger partial charge < -0.3 is 10.1 Å². The first kappa shape index (κ1) is 29.3. The average molecular weight is 650 g/mol. The number of nitrogens with zero attached hydrogens (tertiary/aromatic N) is 1.